The number of likely N-dealkylation sites (tertiary alicyclic amines) is 1. The summed E-state index contributed by atoms with van der Waals surface area (Å²) in [4.78, 5) is 6.88. The molecule has 2 N–H and O–H groups in total. The maximum absolute atomic E-state index is 5.61. The predicted molar refractivity (Wildman–Crippen MR) is 103 cm³/mol. The first-order chi connectivity index (χ1) is 10.4. The van der Waals surface area contributed by atoms with E-state index in [-0.39, 0.29) is 24.0 Å². The molecule has 0 radical (unpaired) electrons. The average molecular weight is 424 g/mol. The van der Waals surface area contributed by atoms with Crippen molar-refractivity contribution in [3.8, 4) is 0 Å². The Balaban J connectivity index is 0.00000242. The van der Waals surface area contributed by atoms with Crippen molar-refractivity contribution < 1.29 is 4.74 Å². The highest BCUT2D eigenvalue weighted by molar-refractivity contribution is 14.0. The molecule has 2 aliphatic rings. The summed E-state index contributed by atoms with van der Waals surface area (Å²) in [6, 6.07) is 0. The number of rotatable bonds is 6. The lowest BCUT2D eigenvalue weighted by Gasteiger charge is -2.20. The van der Waals surface area contributed by atoms with E-state index in [2.05, 4.69) is 20.5 Å². The second-order valence-electron chi connectivity index (χ2n) is 6.12. The molecule has 2 aliphatic heterocycles. The molecule has 2 rings (SSSR count). The van der Waals surface area contributed by atoms with Crippen LogP contribution in [0.1, 0.15) is 44.9 Å². The Kier molecular flexibility index (Phi) is 11.2. The standard InChI is InChI=1S/C16H32N4O.HI/c1-17-16(19-14-15-8-6-13-21-15)18-9-7-12-20-10-4-2-3-5-11-20;/h15H,2-14H2,1H3,(H2,17,18,19);1H. The van der Waals surface area contributed by atoms with Gasteiger partial charge in [-0.1, -0.05) is 12.8 Å². The minimum Gasteiger partial charge on any atom is -0.376 e. The molecule has 2 saturated heterocycles. The number of hydrogen-bond donors (Lipinski definition) is 2. The van der Waals surface area contributed by atoms with Gasteiger partial charge in [0.2, 0.25) is 0 Å². The zero-order valence-electron chi connectivity index (χ0n) is 14.0. The number of halogens is 1. The van der Waals surface area contributed by atoms with Crippen molar-refractivity contribution in [3.63, 3.8) is 0 Å². The van der Waals surface area contributed by atoms with E-state index in [0.29, 0.717) is 6.10 Å². The Morgan fingerprint density at radius 2 is 1.91 bits per heavy atom. The summed E-state index contributed by atoms with van der Waals surface area (Å²) in [5.41, 5.74) is 0. The lowest BCUT2D eigenvalue weighted by Crippen LogP contribution is -2.42. The van der Waals surface area contributed by atoms with E-state index in [1.54, 1.807) is 0 Å². The van der Waals surface area contributed by atoms with Crippen LogP contribution >= 0.6 is 24.0 Å². The third-order valence-electron chi connectivity index (χ3n) is 4.39. The first kappa shape index (κ1) is 20.0. The summed E-state index contributed by atoms with van der Waals surface area (Å²) in [5, 5.41) is 6.77. The lowest BCUT2D eigenvalue weighted by atomic mass is 10.2. The van der Waals surface area contributed by atoms with Gasteiger partial charge in [0.1, 0.15) is 0 Å². The summed E-state index contributed by atoms with van der Waals surface area (Å²) < 4.78 is 5.61. The maximum atomic E-state index is 5.61. The van der Waals surface area contributed by atoms with E-state index in [4.69, 9.17) is 4.74 Å². The summed E-state index contributed by atoms with van der Waals surface area (Å²) in [6.45, 7) is 6.54. The van der Waals surface area contributed by atoms with Gasteiger partial charge in [0.25, 0.3) is 0 Å². The van der Waals surface area contributed by atoms with Crippen LogP contribution < -0.4 is 10.6 Å². The van der Waals surface area contributed by atoms with Crippen LogP contribution in [0, 0.1) is 0 Å². The van der Waals surface area contributed by atoms with Gasteiger partial charge in [-0.25, -0.2) is 0 Å². The molecule has 22 heavy (non-hydrogen) atoms. The first-order valence-corrected chi connectivity index (χ1v) is 8.67. The molecule has 0 aliphatic carbocycles. The Morgan fingerprint density at radius 1 is 1.14 bits per heavy atom. The third kappa shape index (κ3) is 7.97. The number of guanidine groups is 1. The van der Waals surface area contributed by atoms with E-state index < -0.39 is 0 Å². The molecule has 0 aromatic heterocycles. The van der Waals surface area contributed by atoms with Gasteiger partial charge in [-0.2, -0.15) is 0 Å². The molecule has 5 nitrogen and oxygen atoms in total. The second-order valence-corrected chi connectivity index (χ2v) is 6.12. The van der Waals surface area contributed by atoms with Crippen molar-refractivity contribution in [3.05, 3.63) is 0 Å². The van der Waals surface area contributed by atoms with E-state index in [9.17, 15) is 0 Å². The number of aliphatic imine (C=N–C) groups is 1. The van der Waals surface area contributed by atoms with Gasteiger partial charge in [0, 0.05) is 26.7 Å². The number of ether oxygens (including phenoxy) is 1. The van der Waals surface area contributed by atoms with Crippen LogP contribution in [0.5, 0.6) is 0 Å². The molecule has 2 fully saturated rings. The van der Waals surface area contributed by atoms with Crippen LogP contribution in [-0.2, 0) is 4.74 Å². The van der Waals surface area contributed by atoms with Crippen LogP contribution in [0.25, 0.3) is 0 Å². The Labute approximate surface area is 152 Å². The molecular formula is C16H33IN4O. The molecule has 1 unspecified atom stereocenters. The molecule has 0 spiro atoms. The molecule has 0 aromatic carbocycles. The van der Waals surface area contributed by atoms with Crippen molar-refractivity contribution >= 4 is 29.9 Å². The van der Waals surface area contributed by atoms with Gasteiger partial charge in [-0.05, 0) is 51.7 Å². The summed E-state index contributed by atoms with van der Waals surface area (Å²) >= 11 is 0. The van der Waals surface area contributed by atoms with Crippen LogP contribution in [0.3, 0.4) is 0 Å². The lowest BCUT2D eigenvalue weighted by molar-refractivity contribution is 0.114. The maximum Gasteiger partial charge on any atom is 0.191 e. The van der Waals surface area contributed by atoms with Crippen molar-refractivity contribution in [1.82, 2.24) is 15.5 Å². The van der Waals surface area contributed by atoms with Crippen molar-refractivity contribution in [2.75, 3.05) is 46.4 Å². The Morgan fingerprint density at radius 3 is 2.55 bits per heavy atom. The molecule has 0 aromatic rings. The number of hydrogen-bond acceptors (Lipinski definition) is 3. The molecule has 1 atom stereocenters. The summed E-state index contributed by atoms with van der Waals surface area (Å²) in [5.74, 6) is 0.904. The molecule has 0 amide bonds. The van der Waals surface area contributed by atoms with Gasteiger partial charge in [0.05, 0.1) is 6.10 Å². The van der Waals surface area contributed by atoms with Crippen LogP contribution in [0.4, 0.5) is 0 Å². The van der Waals surface area contributed by atoms with E-state index in [1.165, 1.54) is 64.6 Å². The highest BCUT2D eigenvalue weighted by atomic mass is 127. The normalized spacial score (nSPS) is 23.7. The van der Waals surface area contributed by atoms with Crippen molar-refractivity contribution in [1.29, 1.82) is 0 Å². The SMILES string of the molecule is CN=C(NCCCN1CCCCCC1)NCC1CCCO1.I. The van der Waals surface area contributed by atoms with Crippen molar-refractivity contribution in [2.24, 2.45) is 4.99 Å². The van der Waals surface area contributed by atoms with Crippen molar-refractivity contribution in [2.45, 2.75) is 51.0 Å². The zero-order chi connectivity index (χ0) is 14.8. The zero-order valence-corrected chi connectivity index (χ0v) is 16.3. The third-order valence-corrected chi connectivity index (χ3v) is 4.39. The molecule has 0 saturated carbocycles. The molecule has 2 heterocycles. The van der Waals surface area contributed by atoms with Crippen LogP contribution in [0.15, 0.2) is 4.99 Å². The smallest absolute Gasteiger partial charge is 0.191 e. The van der Waals surface area contributed by atoms with Gasteiger partial charge >= 0.3 is 0 Å². The molecule has 6 heteroatoms. The van der Waals surface area contributed by atoms with Gasteiger partial charge in [-0.15, -0.1) is 24.0 Å². The fourth-order valence-electron chi connectivity index (χ4n) is 3.11. The average Bonchev–Trinajstić information content (AvgIpc) is 2.89. The predicted octanol–water partition coefficient (Wildman–Crippen LogP) is 2.21. The second kappa shape index (κ2) is 12.4. The Bertz CT molecular complexity index is 301. The molecular weight excluding hydrogens is 391 g/mol. The fraction of sp³-hybridized carbons (Fsp3) is 0.938. The monoisotopic (exact) mass is 424 g/mol. The largest absolute Gasteiger partial charge is 0.376 e. The fourth-order valence-corrected chi connectivity index (χ4v) is 3.11. The summed E-state index contributed by atoms with van der Waals surface area (Å²) in [7, 11) is 1.83. The van der Waals surface area contributed by atoms with Gasteiger partial charge < -0.3 is 20.3 Å². The highest BCUT2D eigenvalue weighted by Gasteiger charge is 2.15. The van der Waals surface area contributed by atoms with E-state index in [0.717, 1.165) is 25.7 Å². The first-order valence-electron chi connectivity index (χ1n) is 8.67. The quantitative estimate of drug-likeness (QED) is 0.297. The Hall–Kier alpha value is -0.0800. The van der Waals surface area contributed by atoms with E-state index in [1.807, 2.05) is 7.05 Å². The summed E-state index contributed by atoms with van der Waals surface area (Å²) in [6.07, 6.45) is 9.47. The van der Waals surface area contributed by atoms with Gasteiger partial charge in [-0.3, -0.25) is 4.99 Å². The highest BCUT2D eigenvalue weighted by Crippen LogP contribution is 2.10. The topological polar surface area (TPSA) is 48.9 Å². The van der Waals surface area contributed by atoms with E-state index >= 15 is 0 Å². The number of nitrogens with zero attached hydrogens (tertiary/aromatic N) is 2. The minimum atomic E-state index is 0. The van der Waals surface area contributed by atoms with Crippen LogP contribution in [0.2, 0.25) is 0 Å². The van der Waals surface area contributed by atoms with Gasteiger partial charge in [0.15, 0.2) is 5.96 Å². The molecule has 0 bridgehead atoms. The minimum absolute atomic E-state index is 0. The number of nitrogens with one attached hydrogen (secondary N) is 2. The van der Waals surface area contributed by atoms with Crippen LogP contribution in [-0.4, -0.2) is 63.3 Å². The molecule has 130 valence electrons.